The maximum absolute atomic E-state index is 9.11. The third-order valence-electron chi connectivity index (χ3n) is 3.74. The molecule has 0 aromatic rings. The van der Waals surface area contributed by atoms with Gasteiger partial charge in [0.2, 0.25) is 0 Å². The fourth-order valence-corrected chi connectivity index (χ4v) is 2.55. The molecule has 3 heteroatoms. The quantitative estimate of drug-likeness (QED) is 0.722. The first-order valence-corrected chi connectivity index (χ1v) is 6.23. The van der Waals surface area contributed by atoms with Crippen molar-refractivity contribution in [2.75, 3.05) is 20.2 Å². The van der Waals surface area contributed by atoms with E-state index >= 15 is 0 Å². The van der Waals surface area contributed by atoms with Gasteiger partial charge in [0.15, 0.2) is 0 Å². The Kier molecular flexibility index (Phi) is 5.58. The van der Waals surface area contributed by atoms with Crippen LogP contribution in [0.4, 0.5) is 0 Å². The highest BCUT2D eigenvalue weighted by Crippen LogP contribution is 2.22. The molecule has 3 nitrogen and oxygen atoms in total. The van der Waals surface area contributed by atoms with E-state index in [0.717, 1.165) is 13.0 Å². The molecule has 0 bridgehead atoms. The van der Waals surface area contributed by atoms with Crippen molar-refractivity contribution in [3.63, 3.8) is 0 Å². The summed E-state index contributed by atoms with van der Waals surface area (Å²) in [5.41, 5.74) is 0. The Hall–Kier alpha value is -0.120. The van der Waals surface area contributed by atoms with Crippen LogP contribution in [0.5, 0.6) is 0 Å². The van der Waals surface area contributed by atoms with Gasteiger partial charge in [0.05, 0.1) is 6.61 Å². The molecule has 15 heavy (non-hydrogen) atoms. The molecule has 90 valence electrons. The Bertz CT molecular complexity index is 161. The Labute approximate surface area is 93.9 Å². The third-order valence-corrected chi connectivity index (χ3v) is 3.74. The van der Waals surface area contributed by atoms with Crippen molar-refractivity contribution in [2.45, 2.75) is 57.7 Å². The van der Waals surface area contributed by atoms with Crippen molar-refractivity contribution in [1.82, 2.24) is 10.2 Å². The summed E-state index contributed by atoms with van der Waals surface area (Å²) in [6.07, 6.45) is 5.07. The second-order valence-electron chi connectivity index (χ2n) is 4.82. The molecule has 0 spiro atoms. The van der Waals surface area contributed by atoms with Crippen LogP contribution < -0.4 is 5.32 Å². The van der Waals surface area contributed by atoms with E-state index in [1.54, 1.807) is 0 Å². The van der Waals surface area contributed by atoms with E-state index in [0.29, 0.717) is 12.1 Å². The van der Waals surface area contributed by atoms with Crippen molar-refractivity contribution in [3.8, 4) is 0 Å². The van der Waals surface area contributed by atoms with Gasteiger partial charge in [0.1, 0.15) is 0 Å². The third kappa shape index (κ3) is 3.74. The number of hydrogen-bond donors (Lipinski definition) is 2. The van der Waals surface area contributed by atoms with Gasteiger partial charge < -0.3 is 10.4 Å². The first-order chi connectivity index (χ1) is 7.19. The summed E-state index contributed by atoms with van der Waals surface area (Å²) in [5.74, 6) is 0. The van der Waals surface area contributed by atoms with Crippen LogP contribution in [0, 0.1) is 0 Å². The van der Waals surface area contributed by atoms with Crippen LogP contribution in [0.1, 0.15) is 39.5 Å². The fraction of sp³-hybridized carbons (Fsp3) is 1.00. The minimum Gasteiger partial charge on any atom is -0.395 e. The minimum absolute atomic E-state index is 0.243. The predicted octanol–water partition coefficient (Wildman–Crippen LogP) is 1.22. The highest BCUT2D eigenvalue weighted by atomic mass is 16.3. The number of likely N-dealkylation sites (N-methyl/N-ethyl adjacent to an activating group) is 1. The molecule has 1 aliphatic heterocycles. The second kappa shape index (κ2) is 6.46. The van der Waals surface area contributed by atoms with E-state index in [9.17, 15) is 0 Å². The number of rotatable bonds is 5. The SMILES string of the molecule is CNC(CO)CCN1[C@H](C)CCC[C@@H]1C. The molecule has 1 saturated heterocycles. The van der Waals surface area contributed by atoms with Crippen LogP contribution in [0.15, 0.2) is 0 Å². The van der Waals surface area contributed by atoms with E-state index in [4.69, 9.17) is 5.11 Å². The maximum atomic E-state index is 9.11. The summed E-state index contributed by atoms with van der Waals surface area (Å²) in [6, 6.07) is 1.68. The summed E-state index contributed by atoms with van der Waals surface area (Å²) < 4.78 is 0. The normalized spacial score (nSPS) is 30.4. The molecule has 0 aliphatic carbocycles. The Balaban J connectivity index is 2.34. The Morgan fingerprint density at radius 3 is 2.40 bits per heavy atom. The summed E-state index contributed by atoms with van der Waals surface area (Å²) >= 11 is 0. The van der Waals surface area contributed by atoms with Gasteiger partial charge in [-0.15, -0.1) is 0 Å². The fourth-order valence-electron chi connectivity index (χ4n) is 2.55. The van der Waals surface area contributed by atoms with Crippen LogP contribution in [0.25, 0.3) is 0 Å². The number of nitrogens with one attached hydrogen (secondary N) is 1. The molecule has 2 N–H and O–H groups in total. The van der Waals surface area contributed by atoms with Crippen molar-refractivity contribution >= 4 is 0 Å². The lowest BCUT2D eigenvalue weighted by Crippen LogP contribution is -2.46. The van der Waals surface area contributed by atoms with Crippen molar-refractivity contribution in [2.24, 2.45) is 0 Å². The van der Waals surface area contributed by atoms with Crippen molar-refractivity contribution in [1.29, 1.82) is 0 Å². The van der Waals surface area contributed by atoms with Gasteiger partial charge in [-0.05, 0) is 40.2 Å². The molecule has 0 radical (unpaired) electrons. The van der Waals surface area contributed by atoms with Crippen molar-refractivity contribution < 1.29 is 5.11 Å². The van der Waals surface area contributed by atoms with Gasteiger partial charge in [-0.2, -0.15) is 0 Å². The van der Waals surface area contributed by atoms with Gasteiger partial charge in [0, 0.05) is 24.7 Å². The maximum Gasteiger partial charge on any atom is 0.0585 e. The largest absolute Gasteiger partial charge is 0.395 e. The zero-order valence-corrected chi connectivity index (χ0v) is 10.4. The number of aliphatic hydroxyl groups excluding tert-OH is 1. The van der Waals surface area contributed by atoms with E-state index in [1.807, 2.05) is 7.05 Å². The number of likely N-dealkylation sites (tertiary alicyclic amines) is 1. The number of nitrogens with zero attached hydrogens (tertiary/aromatic N) is 1. The molecule has 1 heterocycles. The Morgan fingerprint density at radius 1 is 1.33 bits per heavy atom. The molecule has 0 saturated carbocycles. The van der Waals surface area contributed by atoms with Crippen LogP contribution in [-0.4, -0.2) is 48.3 Å². The first-order valence-electron chi connectivity index (χ1n) is 6.23. The highest BCUT2D eigenvalue weighted by molar-refractivity contribution is 4.80. The van der Waals surface area contributed by atoms with E-state index < -0.39 is 0 Å². The van der Waals surface area contributed by atoms with E-state index in [-0.39, 0.29) is 12.6 Å². The predicted molar refractivity (Wildman–Crippen MR) is 64.0 cm³/mol. The molecule has 1 rings (SSSR count). The molecular formula is C12H26N2O. The zero-order chi connectivity index (χ0) is 11.3. The first kappa shape index (κ1) is 12.9. The average Bonchev–Trinajstić information content (AvgIpc) is 2.23. The molecular weight excluding hydrogens is 188 g/mol. The molecule has 0 amide bonds. The summed E-state index contributed by atoms with van der Waals surface area (Å²) in [7, 11) is 1.92. The van der Waals surface area contributed by atoms with Gasteiger partial charge in [0.25, 0.3) is 0 Å². The standard InChI is InChI=1S/C12H26N2O/c1-10-5-4-6-11(2)14(10)8-7-12(9-15)13-3/h10-13,15H,4-9H2,1-3H3/t10-,11+,12?. The minimum atomic E-state index is 0.243. The molecule has 1 fully saturated rings. The van der Waals surface area contributed by atoms with Gasteiger partial charge in [-0.3, -0.25) is 4.90 Å². The van der Waals surface area contributed by atoms with Crippen LogP contribution in [-0.2, 0) is 0 Å². The van der Waals surface area contributed by atoms with E-state index in [2.05, 4.69) is 24.1 Å². The van der Waals surface area contributed by atoms with Gasteiger partial charge in [-0.25, -0.2) is 0 Å². The summed E-state index contributed by atoms with van der Waals surface area (Å²) in [4.78, 5) is 2.59. The molecule has 0 aromatic carbocycles. The van der Waals surface area contributed by atoms with Crippen LogP contribution in [0.3, 0.4) is 0 Å². The monoisotopic (exact) mass is 214 g/mol. The Morgan fingerprint density at radius 2 is 1.93 bits per heavy atom. The van der Waals surface area contributed by atoms with E-state index in [1.165, 1.54) is 19.3 Å². The highest BCUT2D eigenvalue weighted by Gasteiger charge is 2.24. The lowest BCUT2D eigenvalue weighted by molar-refractivity contribution is 0.0940. The summed E-state index contributed by atoms with van der Waals surface area (Å²) in [6.45, 7) is 5.99. The average molecular weight is 214 g/mol. The smallest absolute Gasteiger partial charge is 0.0585 e. The lowest BCUT2D eigenvalue weighted by atomic mass is 9.97. The zero-order valence-electron chi connectivity index (χ0n) is 10.4. The van der Waals surface area contributed by atoms with Crippen LogP contribution in [0.2, 0.25) is 0 Å². The topological polar surface area (TPSA) is 35.5 Å². The van der Waals surface area contributed by atoms with Crippen molar-refractivity contribution in [3.05, 3.63) is 0 Å². The van der Waals surface area contributed by atoms with Crippen LogP contribution >= 0.6 is 0 Å². The lowest BCUT2D eigenvalue weighted by Gasteiger charge is -2.39. The number of aliphatic hydroxyl groups is 1. The molecule has 1 unspecified atom stereocenters. The van der Waals surface area contributed by atoms with Gasteiger partial charge >= 0.3 is 0 Å². The van der Waals surface area contributed by atoms with Gasteiger partial charge in [-0.1, -0.05) is 6.42 Å². The number of hydrogen-bond acceptors (Lipinski definition) is 3. The number of piperidine rings is 1. The molecule has 1 aliphatic rings. The summed E-state index contributed by atoms with van der Waals surface area (Å²) in [5, 5.41) is 12.3. The molecule has 0 aromatic heterocycles. The second-order valence-corrected chi connectivity index (χ2v) is 4.82. The molecule has 3 atom stereocenters.